The van der Waals surface area contributed by atoms with E-state index in [1.54, 1.807) is 7.11 Å². The standard InChI is InChI=1S/C13H19F2NO3/c1-17-4-5-18-6-7-19-13-11(14)8-10(2-3-16)9-12(13)15/h8-9H,2-7,16H2,1H3. The van der Waals surface area contributed by atoms with Crippen LogP contribution in [-0.4, -0.2) is 40.1 Å². The molecule has 0 fully saturated rings. The van der Waals surface area contributed by atoms with Crippen LogP contribution in [0.5, 0.6) is 5.75 Å². The van der Waals surface area contributed by atoms with Crippen LogP contribution in [0.25, 0.3) is 0 Å². The molecule has 0 radical (unpaired) electrons. The molecule has 0 atom stereocenters. The molecule has 0 aliphatic carbocycles. The van der Waals surface area contributed by atoms with Crippen molar-refractivity contribution in [3.05, 3.63) is 29.3 Å². The lowest BCUT2D eigenvalue weighted by Crippen LogP contribution is -2.11. The lowest BCUT2D eigenvalue weighted by molar-refractivity contribution is 0.0531. The van der Waals surface area contributed by atoms with Gasteiger partial charge in [0, 0.05) is 7.11 Å². The summed E-state index contributed by atoms with van der Waals surface area (Å²) in [7, 11) is 1.56. The fourth-order valence-corrected chi connectivity index (χ4v) is 1.51. The molecule has 0 bridgehead atoms. The highest BCUT2D eigenvalue weighted by atomic mass is 19.1. The van der Waals surface area contributed by atoms with E-state index in [1.165, 1.54) is 12.1 Å². The van der Waals surface area contributed by atoms with Gasteiger partial charge >= 0.3 is 0 Å². The van der Waals surface area contributed by atoms with Crippen LogP contribution in [0.4, 0.5) is 8.78 Å². The number of hydrogen-bond donors (Lipinski definition) is 1. The van der Waals surface area contributed by atoms with Crippen LogP contribution in [0.2, 0.25) is 0 Å². The maximum atomic E-state index is 13.6. The highest BCUT2D eigenvalue weighted by Gasteiger charge is 2.12. The largest absolute Gasteiger partial charge is 0.485 e. The van der Waals surface area contributed by atoms with Crippen LogP contribution in [0.3, 0.4) is 0 Å². The minimum Gasteiger partial charge on any atom is -0.485 e. The van der Waals surface area contributed by atoms with E-state index in [2.05, 4.69) is 0 Å². The first kappa shape index (κ1) is 15.8. The zero-order valence-electron chi connectivity index (χ0n) is 11.0. The van der Waals surface area contributed by atoms with Crippen LogP contribution >= 0.6 is 0 Å². The van der Waals surface area contributed by atoms with Crippen molar-refractivity contribution in [3.8, 4) is 5.75 Å². The number of halogens is 2. The normalized spacial score (nSPS) is 10.7. The van der Waals surface area contributed by atoms with Gasteiger partial charge in [0.25, 0.3) is 0 Å². The molecule has 0 heterocycles. The van der Waals surface area contributed by atoms with Crippen LogP contribution in [-0.2, 0) is 15.9 Å². The molecular weight excluding hydrogens is 256 g/mol. The molecule has 1 aromatic rings. The second-order valence-corrected chi connectivity index (χ2v) is 3.88. The first-order valence-electron chi connectivity index (χ1n) is 6.06. The molecule has 0 saturated heterocycles. The zero-order valence-corrected chi connectivity index (χ0v) is 11.0. The van der Waals surface area contributed by atoms with Gasteiger partial charge in [-0.05, 0) is 30.7 Å². The van der Waals surface area contributed by atoms with Crippen molar-refractivity contribution in [1.82, 2.24) is 0 Å². The van der Waals surface area contributed by atoms with Crippen LogP contribution in [0, 0.1) is 11.6 Å². The van der Waals surface area contributed by atoms with Gasteiger partial charge in [-0.2, -0.15) is 0 Å². The Labute approximate surface area is 111 Å². The lowest BCUT2D eigenvalue weighted by atomic mass is 10.1. The SMILES string of the molecule is COCCOCCOc1c(F)cc(CCN)cc1F. The number of benzene rings is 1. The average molecular weight is 275 g/mol. The molecule has 19 heavy (non-hydrogen) atoms. The summed E-state index contributed by atoms with van der Waals surface area (Å²) in [6, 6.07) is 2.47. The summed E-state index contributed by atoms with van der Waals surface area (Å²) >= 11 is 0. The van der Waals surface area contributed by atoms with Crippen LogP contribution < -0.4 is 10.5 Å². The van der Waals surface area contributed by atoms with Crippen molar-refractivity contribution >= 4 is 0 Å². The Kier molecular flexibility index (Phi) is 7.32. The molecule has 4 nitrogen and oxygen atoms in total. The Morgan fingerprint density at radius 1 is 1.05 bits per heavy atom. The minimum atomic E-state index is -0.722. The van der Waals surface area contributed by atoms with E-state index in [-0.39, 0.29) is 19.0 Å². The number of hydrogen-bond acceptors (Lipinski definition) is 4. The van der Waals surface area contributed by atoms with Gasteiger partial charge in [0.05, 0.1) is 19.8 Å². The van der Waals surface area contributed by atoms with Crippen LogP contribution in [0.1, 0.15) is 5.56 Å². The van der Waals surface area contributed by atoms with E-state index in [4.69, 9.17) is 19.9 Å². The number of nitrogens with two attached hydrogens (primary N) is 1. The molecule has 0 aliphatic heterocycles. The van der Waals surface area contributed by atoms with Crippen molar-refractivity contribution < 1.29 is 23.0 Å². The number of rotatable bonds is 9. The van der Waals surface area contributed by atoms with Gasteiger partial charge in [0.15, 0.2) is 17.4 Å². The van der Waals surface area contributed by atoms with Gasteiger partial charge in [-0.25, -0.2) is 8.78 Å². The Balaban J connectivity index is 2.45. The molecule has 6 heteroatoms. The van der Waals surface area contributed by atoms with E-state index >= 15 is 0 Å². The Hall–Kier alpha value is -1.24. The molecule has 0 amide bonds. The molecule has 0 spiro atoms. The van der Waals surface area contributed by atoms with Crippen molar-refractivity contribution in [2.45, 2.75) is 6.42 Å². The molecule has 1 aromatic carbocycles. The molecular formula is C13H19F2NO3. The Morgan fingerprint density at radius 3 is 2.26 bits per heavy atom. The average Bonchev–Trinajstić information content (AvgIpc) is 2.36. The van der Waals surface area contributed by atoms with Crippen molar-refractivity contribution in [2.75, 3.05) is 40.1 Å². The van der Waals surface area contributed by atoms with Gasteiger partial charge in [0.1, 0.15) is 6.61 Å². The Morgan fingerprint density at radius 2 is 1.68 bits per heavy atom. The quantitative estimate of drug-likeness (QED) is 0.694. The third kappa shape index (κ3) is 5.50. The molecule has 0 unspecified atom stereocenters. The zero-order chi connectivity index (χ0) is 14.1. The first-order chi connectivity index (χ1) is 9.19. The van der Waals surface area contributed by atoms with Gasteiger partial charge in [-0.1, -0.05) is 0 Å². The monoisotopic (exact) mass is 275 g/mol. The van der Waals surface area contributed by atoms with Crippen molar-refractivity contribution in [1.29, 1.82) is 0 Å². The molecule has 0 aromatic heterocycles. The summed E-state index contributed by atoms with van der Waals surface area (Å²) in [6.45, 7) is 1.55. The summed E-state index contributed by atoms with van der Waals surface area (Å²) in [4.78, 5) is 0. The fourth-order valence-electron chi connectivity index (χ4n) is 1.51. The third-order valence-corrected chi connectivity index (χ3v) is 2.40. The predicted octanol–water partition coefficient (Wildman–Crippen LogP) is 1.51. The third-order valence-electron chi connectivity index (χ3n) is 2.40. The molecule has 108 valence electrons. The highest BCUT2D eigenvalue weighted by Crippen LogP contribution is 2.23. The Bertz CT molecular complexity index is 365. The smallest absolute Gasteiger partial charge is 0.190 e. The summed E-state index contributed by atoms with van der Waals surface area (Å²) < 4.78 is 42.1. The maximum absolute atomic E-state index is 13.6. The maximum Gasteiger partial charge on any atom is 0.190 e. The minimum absolute atomic E-state index is 0.0772. The van der Waals surface area contributed by atoms with Gasteiger partial charge in [-0.15, -0.1) is 0 Å². The topological polar surface area (TPSA) is 53.7 Å². The second-order valence-electron chi connectivity index (χ2n) is 3.88. The predicted molar refractivity (Wildman–Crippen MR) is 67.3 cm³/mol. The number of methoxy groups -OCH3 is 1. The summed E-state index contributed by atoms with van der Waals surface area (Å²) in [6.07, 6.45) is 0.425. The van der Waals surface area contributed by atoms with E-state index in [1.807, 2.05) is 0 Å². The van der Waals surface area contributed by atoms with Crippen molar-refractivity contribution in [2.24, 2.45) is 5.73 Å². The van der Waals surface area contributed by atoms with E-state index < -0.39 is 11.6 Å². The number of ether oxygens (including phenoxy) is 3. The highest BCUT2D eigenvalue weighted by molar-refractivity contribution is 5.31. The second kappa shape index (κ2) is 8.79. The molecule has 1 rings (SSSR count). The summed E-state index contributed by atoms with van der Waals surface area (Å²) in [5.41, 5.74) is 5.85. The van der Waals surface area contributed by atoms with Gasteiger partial charge in [-0.3, -0.25) is 0 Å². The summed E-state index contributed by atoms with van der Waals surface area (Å²) in [5, 5.41) is 0. The van der Waals surface area contributed by atoms with E-state index in [0.717, 1.165) is 0 Å². The van der Waals surface area contributed by atoms with Gasteiger partial charge in [0.2, 0.25) is 0 Å². The van der Waals surface area contributed by atoms with E-state index in [0.29, 0.717) is 31.7 Å². The molecule has 0 aliphatic rings. The lowest BCUT2D eigenvalue weighted by Gasteiger charge is -2.10. The molecule has 0 saturated carbocycles. The van der Waals surface area contributed by atoms with E-state index in [9.17, 15) is 8.78 Å². The summed E-state index contributed by atoms with van der Waals surface area (Å²) in [5.74, 6) is -1.82. The fraction of sp³-hybridized carbons (Fsp3) is 0.538. The van der Waals surface area contributed by atoms with Gasteiger partial charge < -0.3 is 19.9 Å². The van der Waals surface area contributed by atoms with Crippen LogP contribution in [0.15, 0.2) is 12.1 Å². The first-order valence-corrected chi connectivity index (χ1v) is 6.06. The van der Waals surface area contributed by atoms with Crippen molar-refractivity contribution in [3.63, 3.8) is 0 Å². The molecule has 2 N–H and O–H groups in total.